The van der Waals surface area contributed by atoms with Crippen molar-refractivity contribution in [3.8, 4) is 0 Å². The van der Waals surface area contributed by atoms with Gasteiger partial charge >= 0.3 is 0 Å². The molecule has 0 radical (unpaired) electrons. The lowest BCUT2D eigenvalue weighted by Gasteiger charge is -2.47. The van der Waals surface area contributed by atoms with Crippen molar-refractivity contribution in [1.29, 1.82) is 0 Å². The first-order valence-electron chi connectivity index (χ1n) is 7.54. The minimum absolute atomic E-state index is 0.277. The largest absolute Gasteiger partial charge is 0.354 e. The number of hydrogen-bond donors (Lipinski definition) is 1. The van der Waals surface area contributed by atoms with Crippen LogP contribution in [0.4, 0.5) is 0 Å². The van der Waals surface area contributed by atoms with E-state index in [2.05, 4.69) is 15.1 Å². The lowest BCUT2D eigenvalue weighted by molar-refractivity contribution is -0.122. The van der Waals surface area contributed by atoms with Gasteiger partial charge in [0.25, 0.3) is 0 Å². The van der Waals surface area contributed by atoms with E-state index in [0.29, 0.717) is 12.0 Å². The molecule has 3 aliphatic heterocycles. The van der Waals surface area contributed by atoms with Crippen LogP contribution in [0, 0.1) is 5.92 Å². The lowest BCUT2D eigenvalue weighted by atomic mass is 10.0. The minimum atomic E-state index is 0.277. The summed E-state index contributed by atoms with van der Waals surface area (Å²) in [6.45, 7) is 6.79. The van der Waals surface area contributed by atoms with Crippen LogP contribution in [0.3, 0.4) is 0 Å². The molecule has 102 valence electrons. The minimum Gasteiger partial charge on any atom is -0.354 e. The van der Waals surface area contributed by atoms with E-state index in [-0.39, 0.29) is 5.91 Å². The molecule has 1 amide bonds. The quantitative estimate of drug-likeness (QED) is 0.798. The molecule has 1 unspecified atom stereocenters. The molecule has 1 N–H and O–H groups in total. The zero-order valence-corrected chi connectivity index (χ0v) is 11.2. The number of amides is 1. The van der Waals surface area contributed by atoms with E-state index in [1.807, 2.05) is 0 Å². The number of nitrogens with zero attached hydrogens (tertiary/aromatic N) is 2. The van der Waals surface area contributed by atoms with E-state index < -0.39 is 0 Å². The third-order valence-corrected chi connectivity index (χ3v) is 4.88. The third-order valence-electron chi connectivity index (χ3n) is 4.88. The van der Waals surface area contributed by atoms with Gasteiger partial charge in [-0.1, -0.05) is 12.8 Å². The van der Waals surface area contributed by atoms with E-state index in [9.17, 15) is 4.79 Å². The Morgan fingerprint density at radius 1 is 1.11 bits per heavy atom. The smallest absolute Gasteiger partial charge is 0.220 e. The van der Waals surface area contributed by atoms with Crippen molar-refractivity contribution in [3.05, 3.63) is 0 Å². The predicted octanol–water partition coefficient (Wildman–Crippen LogP) is 0.683. The van der Waals surface area contributed by atoms with E-state index in [0.717, 1.165) is 19.5 Å². The first-order valence-corrected chi connectivity index (χ1v) is 7.54. The van der Waals surface area contributed by atoms with Crippen molar-refractivity contribution < 1.29 is 4.79 Å². The number of carbonyl (C=O) groups excluding carboxylic acids is 1. The Balaban J connectivity index is 1.39. The maximum atomic E-state index is 11.9. The van der Waals surface area contributed by atoms with Crippen molar-refractivity contribution in [3.63, 3.8) is 0 Å². The summed E-state index contributed by atoms with van der Waals surface area (Å²) < 4.78 is 0. The molecule has 4 aliphatic rings. The monoisotopic (exact) mass is 251 g/mol. The summed E-state index contributed by atoms with van der Waals surface area (Å²) in [5.41, 5.74) is 0. The molecule has 2 bridgehead atoms. The summed E-state index contributed by atoms with van der Waals surface area (Å²) in [5, 5.41) is 3.16. The van der Waals surface area contributed by atoms with Gasteiger partial charge in [0.15, 0.2) is 0 Å². The van der Waals surface area contributed by atoms with Crippen LogP contribution in [0.5, 0.6) is 0 Å². The topological polar surface area (TPSA) is 35.6 Å². The number of nitrogens with one attached hydrogen (secondary N) is 1. The summed E-state index contributed by atoms with van der Waals surface area (Å²) in [5.74, 6) is 0.941. The average molecular weight is 251 g/mol. The highest BCUT2D eigenvalue weighted by molar-refractivity contribution is 5.76. The molecule has 4 fully saturated rings. The molecular formula is C14H25N3O. The summed E-state index contributed by atoms with van der Waals surface area (Å²) in [6, 6.07) is 0.556. The molecule has 4 nitrogen and oxygen atoms in total. The van der Waals surface area contributed by atoms with Gasteiger partial charge in [-0.2, -0.15) is 0 Å². The Bertz CT molecular complexity index is 293. The zero-order chi connectivity index (χ0) is 12.4. The van der Waals surface area contributed by atoms with Gasteiger partial charge in [0.05, 0.1) is 0 Å². The standard InChI is InChI=1S/C14H25N3O/c18-14(9-12-3-1-2-4-12)15-10-13-11-16-5-7-17(13)8-6-16/h12-13H,1-11H2,(H,15,18). The van der Waals surface area contributed by atoms with Crippen LogP contribution in [-0.4, -0.2) is 61.0 Å². The second kappa shape index (κ2) is 5.57. The fourth-order valence-electron chi connectivity index (χ4n) is 3.70. The Kier molecular flexibility index (Phi) is 3.85. The van der Waals surface area contributed by atoms with Crippen LogP contribution in [0.2, 0.25) is 0 Å². The number of fused-ring (bicyclic) bond motifs is 3. The van der Waals surface area contributed by atoms with E-state index >= 15 is 0 Å². The van der Waals surface area contributed by atoms with Crippen molar-refractivity contribution in [2.45, 2.75) is 38.1 Å². The van der Waals surface area contributed by atoms with Crippen LogP contribution in [0.15, 0.2) is 0 Å². The Morgan fingerprint density at radius 3 is 2.44 bits per heavy atom. The Labute approximate surface area is 110 Å². The van der Waals surface area contributed by atoms with Gasteiger partial charge in [-0.3, -0.25) is 14.6 Å². The second-order valence-corrected chi connectivity index (χ2v) is 6.15. The SMILES string of the molecule is O=C(CC1CCCC1)NCC1CN2CCN1CC2. The molecule has 3 saturated heterocycles. The number of piperazine rings is 3. The van der Waals surface area contributed by atoms with Gasteiger partial charge in [-0.05, 0) is 18.8 Å². The van der Waals surface area contributed by atoms with Gasteiger partial charge in [-0.15, -0.1) is 0 Å². The molecule has 18 heavy (non-hydrogen) atoms. The van der Waals surface area contributed by atoms with Crippen LogP contribution in [0.1, 0.15) is 32.1 Å². The van der Waals surface area contributed by atoms with Gasteiger partial charge in [-0.25, -0.2) is 0 Å². The maximum absolute atomic E-state index is 11.9. The van der Waals surface area contributed by atoms with E-state index in [4.69, 9.17) is 0 Å². The van der Waals surface area contributed by atoms with E-state index in [1.165, 1.54) is 51.9 Å². The summed E-state index contributed by atoms with van der Waals surface area (Å²) in [4.78, 5) is 17.0. The maximum Gasteiger partial charge on any atom is 0.220 e. The Morgan fingerprint density at radius 2 is 1.83 bits per heavy atom. The molecule has 1 saturated carbocycles. The average Bonchev–Trinajstić information content (AvgIpc) is 2.91. The van der Waals surface area contributed by atoms with Crippen molar-refractivity contribution >= 4 is 5.91 Å². The summed E-state index contributed by atoms with van der Waals surface area (Å²) in [7, 11) is 0. The molecule has 3 heterocycles. The number of hydrogen-bond acceptors (Lipinski definition) is 3. The number of rotatable bonds is 4. The molecule has 0 spiro atoms. The summed E-state index contributed by atoms with van der Waals surface area (Å²) in [6.07, 6.45) is 5.93. The third kappa shape index (κ3) is 2.86. The van der Waals surface area contributed by atoms with Crippen LogP contribution in [0.25, 0.3) is 0 Å². The molecule has 0 aromatic heterocycles. The first-order chi connectivity index (χ1) is 8.81. The van der Waals surface area contributed by atoms with Gasteiger partial charge in [0.2, 0.25) is 5.91 Å². The highest BCUT2D eigenvalue weighted by Crippen LogP contribution is 2.27. The molecular weight excluding hydrogens is 226 g/mol. The van der Waals surface area contributed by atoms with Crippen LogP contribution < -0.4 is 5.32 Å². The highest BCUT2D eigenvalue weighted by atomic mass is 16.1. The lowest BCUT2D eigenvalue weighted by Crippen LogP contribution is -2.63. The van der Waals surface area contributed by atoms with Crippen molar-refractivity contribution in [1.82, 2.24) is 15.1 Å². The summed E-state index contributed by atoms with van der Waals surface area (Å²) >= 11 is 0. The highest BCUT2D eigenvalue weighted by Gasteiger charge is 2.31. The molecule has 4 rings (SSSR count). The van der Waals surface area contributed by atoms with Gasteiger partial charge in [0, 0.05) is 51.7 Å². The molecule has 0 aromatic carbocycles. The van der Waals surface area contributed by atoms with Crippen molar-refractivity contribution in [2.75, 3.05) is 39.3 Å². The first kappa shape index (κ1) is 12.4. The van der Waals surface area contributed by atoms with Gasteiger partial charge < -0.3 is 5.32 Å². The van der Waals surface area contributed by atoms with E-state index in [1.54, 1.807) is 0 Å². The molecule has 4 heteroatoms. The normalized spacial score (nSPS) is 35.9. The number of carbonyl (C=O) groups is 1. The molecule has 1 aliphatic carbocycles. The molecule has 1 atom stereocenters. The second-order valence-electron chi connectivity index (χ2n) is 6.15. The Hall–Kier alpha value is -0.610. The van der Waals surface area contributed by atoms with Crippen molar-refractivity contribution in [2.24, 2.45) is 5.92 Å². The van der Waals surface area contributed by atoms with Crippen LogP contribution in [-0.2, 0) is 4.79 Å². The zero-order valence-electron chi connectivity index (χ0n) is 11.2. The molecule has 0 aromatic rings. The van der Waals surface area contributed by atoms with Gasteiger partial charge in [0.1, 0.15) is 0 Å². The fourth-order valence-corrected chi connectivity index (χ4v) is 3.70. The fraction of sp³-hybridized carbons (Fsp3) is 0.929. The predicted molar refractivity (Wildman–Crippen MR) is 71.4 cm³/mol. The van der Waals surface area contributed by atoms with Crippen LogP contribution >= 0.6 is 0 Å².